The number of aliphatic carboxylic acids is 1. The van der Waals surface area contributed by atoms with Crippen molar-refractivity contribution < 1.29 is 29.2 Å². The molecule has 2 aromatic carbocycles. The van der Waals surface area contributed by atoms with Gasteiger partial charge in [0, 0.05) is 13.0 Å². The summed E-state index contributed by atoms with van der Waals surface area (Å²) in [5, 5.41) is 19.7. The van der Waals surface area contributed by atoms with Gasteiger partial charge in [0.25, 0.3) is 0 Å². The van der Waals surface area contributed by atoms with Crippen molar-refractivity contribution in [3.8, 4) is 11.5 Å². The molecule has 1 fully saturated rings. The van der Waals surface area contributed by atoms with Crippen LogP contribution in [-0.2, 0) is 22.4 Å². The molecule has 6 heteroatoms. The molecule has 0 saturated carbocycles. The molecule has 1 heterocycles. The van der Waals surface area contributed by atoms with Gasteiger partial charge >= 0.3 is 5.97 Å². The number of carboxylic acid groups (broad SMARTS) is 1. The third kappa shape index (κ3) is 5.71. The molecule has 2 N–H and O–H groups in total. The van der Waals surface area contributed by atoms with Gasteiger partial charge in [-0.05, 0) is 54.7 Å². The zero-order valence-corrected chi connectivity index (χ0v) is 16.7. The van der Waals surface area contributed by atoms with Crippen LogP contribution in [0.4, 0.5) is 0 Å². The van der Waals surface area contributed by atoms with Gasteiger partial charge in [0.1, 0.15) is 30.8 Å². The lowest BCUT2D eigenvalue weighted by Crippen LogP contribution is -2.40. The summed E-state index contributed by atoms with van der Waals surface area (Å²) in [4.78, 5) is 11.6. The van der Waals surface area contributed by atoms with Crippen molar-refractivity contribution in [2.75, 3.05) is 19.8 Å². The van der Waals surface area contributed by atoms with Gasteiger partial charge in [-0.2, -0.15) is 0 Å². The molecule has 6 nitrogen and oxygen atoms in total. The average Bonchev–Trinajstić information content (AvgIpc) is 3.21. The number of hydrogen-bond donors (Lipinski definition) is 2. The Balaban J connectivity index is 1.50. The summed E-state index contributed by atoms with van der Waals surface area (Å²) >= 11 is 0. The van der Waals surface area contributed by atoms with E-state index in [2.05, 4.69) is 6.92 Å². The van der Waals surface area contributed by atoms with Gasteiger partial charge in [-0.15, -0.1) is 0 Å². The largest absolute Gasteiger partial charge is 0.491 e. The minimum absolute atomic E-state index is 0.0804. The Labute approximate surface area is 171 Å². The molecular weight excluding hydrogens is 372 g/mol. The predicted octanol–water partition coefficient (Wildman–Crippen LogP) is 3.24. The normalized spacial score (nSPS) is 19.7. The minimum Gasteiger partial charge on any atom is -0.491 e. The van der Waals surface area contributed by atoms with Crippen LogP contribution < -0.4 is 9.47 Å². The van der Waals surface area contributed by atoms with E-state index in [1.165, 1.54) is 5.56 Å². The van der Waals surface area contributed by atoms with Crippen LogP contribution in [0, 0.1) is 0 Å². The molecule has 2 atom stereocenters. The lowest BCUT2D eigenvalue weighted by atomic mass is 9.91. The summed E-state index contributed by atoms with van der Waals surface area (Å²) in [6.45, 7) is 2.77. The molecule has 29 heavy (non-hydrogen) atoms. The van der Waals surface area contributed by atoms with Crippen molar-refractivity contribution in [3.05, 3.63) is 59.7 Å². The highest BCUT2D eigenvalue weighted by atomic mass is 16.5. The molecule has 1 aliphatic heterocycles. The zero-order chi connectivity index (χ0) is 20.7. The van der Waals surface area contributed by atoms with E-state index < -0.39 is 17.7 Å². The SMILES string of the molecule is CCc1ccc(OCC(O)COc2cccc(CC3(C(=O)O)CCCO3)c2)cc1. The van der Waals surface area contributed by atoms with Crippen LogP contribution in [0.25, 0.3) is 0 Å². The summed E-state index contributed by atoms with van der Waals surface area (Å²) in [5.41, 5.74) is 0.904. The van der Waals surface area contributed by atoms with E-state index in [4.69, 9.17) is 14.2 Å². The van der Waals surface area contributed by atoms with Crippen LogP contribution in [0.1, 0.15) is 30.9 Å². The molecule has 2 aromatic rings. The summed E-state index contributed by atoms with van der Waals surface area (Å²) in [6.07, 6.45) is 1.72. The first-order valence-corrected chi connectivity index (χ1v) is 9.99. The van der Waals surface area contributed by atoms with Crippen LogP contribution in [0.15, 0.2) is 48.5 Å². The second kappa shape index (κ2) is 9.76. The maximum absolute atomic E-state index is 11.6. The average molecular weight is 400 g/mol. The first-order valence-electron chi connectivity index (χ1n) is 9.99. The van der Waals surface area contributed by atoms with Crippen LogP contribution >= 0.6 is 0 Å². The number of carbonyl (C=O) groups is 1. The maximum atomic E-state index is 11.6. The summed E-state index contributed by atoms with van der Waals surface area (Å²) in [5.74, 6) is 0.354. The monoisotopic (exact) mass is 400 g/mol. The third-order valence-corrected chi connectivity index (χ3v) is 5.10. The van der Waals surface area contributed by atoms with Gasteiger partial charge in [0.2, 0.25) is 0 Å². The lowest BCUT2D eigenvalue weighted by molar-refractivity contribution is -0.159. The molecule has 0 aliphatic carbocycles. The molecule has 0 aromatic heterocycles. The van der Waals surface area contributed by atoms with Crippen molar-refractivity contribution >= 4 is 5.97 Å². The van der Waals surface area contributed by atoms with Gasteiger partial charge in [0.05, 0.1) is 0 Å². The topological polar surface area (TPSA) is 85.2 Å². The van der Waals surface area contributed by atoms with E-state index in [9.17, 15) is 15.0 Å². The first kappa shape index (κ1) is 21.1. The number of ether oxygens (including phenoxy) is 3. The number of aliphatic hydroxyl groups excluding tert-OH is 1. The molecule has 0 spiro atoms. The molecule has 2 unspecified atom stereocenters. The quantitative estimate of drug-likeness (QED) is 0.637. The number of aliphatic hydroxyl groups is 1. The van der Waals surface area contributed by atoms with Crippen LogP contribution in [0.2, 0.25) is 0 Å². The Kier molecular flexibility index (Phi) is 7.12. The molecule has 0 radical (unpaired) electrons. The van der Waals surface area contributed by atoms with Gasteiger partial charge in [-0.25, -0.2) is 4.79 Å². The summed E-state index contributed by atoms with van der Waals surface area (Å²) < 4.78 is 16.8. The van der Waals surface area contributed by atoms with Crippen molar-refractivity contribution in [1.82, 2.24) is 0 Å². The van der Waals surface area contributed by atoms with Crippen molar-refractivity contribution in [1.29, 1.82) is 0 Å². The standard InChI is InChI=1S/C23H28O6/c1-2-17-7-9-20(10-8-17)27-15-19(24)16-28-21-6-3-5-18(13-21)14-23(22(25)26)11-4-12-29-23/h3,5-10,13,19,24H,2,4,11-12,14-16H2,1H3,(H,25,26). The Morgan fingerprint density at radius 1 is 1.10 bits per heavy atom. The second-order valence-corrected chi connectivity index (χ2v) is 7.35. The number of hydrogen-bond acceptors (Lipinski definition) is 5. The Morgan fingerprint density at radius 2 is 1.83 bits per heavy atom. The summed E-state index contributed by atoms with van der Waals surface area (Å²) in [7, 11) is 0. The number of benzene rings is 2. The van der Waals surface area contributed by atoms with E-state index in [1.54, 1.807) is 12.1 Å². The first-order chi connectivity index (χ1) is 14.0. The van der Waals surface area contributed by atoms with Gasteiger partial charge < -0.3 is 24.4 Å². The van der Waals surface area contributed by atoms with Crippen molar-refractivity contribution in [3.63, 3.8) is 0 Å². The fourth-order valence-electron chi connectivity index (χ4n) is 3.41. The Morgan fingerprint density at radius 3 is 2.45 bits per heavy atom. The number of aryl methyl sites for hydroxylation is 1. The molecular formula is C23H28O6. The molecule has 1 saturated heterocycles. The highest BCUT2D eigenvalue weighted by Gasteiger charge is 2.42. The predicted molar refractivity (Wildman–Crippen MR) is 109 cm³/mol. The van der Waals surface area contributed by atoms with Crippen LogP contribution in [0.3, 0.4) is 0 Å². The van der Waals surface area contributed by atoms with Crippen LogP contribution in [0.5, 0.6) is 11.5 Å². The van der Waals surface area contributed by atoms with E-state index in [0.29, 0.717) is 30.9 Å². The molecule has 0 amide bonds. The smallest absolute Gasteiger partial charge is 0.336 e. The fraction of sp³-hybridized carbons (Fsp3) is 0.435. The molecule has 0 bridgehead atoms. The van der Waals surface area contributed by atoms with Crippen molar-refractivity contribution in [2.45, 2.75) is 44.3 Å². The number of carboxylic acids is 1. The Bertz CT molecular complexity index is 795. The minimum atomic E-state index is -1.15. The molecule has 3 rings (SSSR count). The third-order valence-electron chi connectivity index (χ3n) is 5.10. The highest BCUT2D eigenvalue weighted by molar-refractivity contribution is 5.78. The second-order valence-electron chi connectivity index (χ2n) is 7.35. The fourth-order valence-corrected chi connectivity index (χ4v) is 3.41. The molecule has 1 aliphatic rings. The lowest BCUT2D eigenvalue weighted by Gasteiger charge is -2.23. The van der Waals surface area contributed by atoms with E-state index in [0.717, 1.165) is 18.4 Å². The van der Waals surface area contributed by atoms with E-state index in [1.807, 2.05) is 36.4 Å². The van der Waals surface area contributed by atoms with Crippen molar-refractivity contribution in [2.24, 2.45) is 0 Å². The molecule has 156 valence electrons. The van der Waals surface area contributed by atoms with Gasteiger partial charge in [0.15, 0.2) is 5.60 Å². The highest BCUT2D eigenvalue weighted by Crippen LogP contribution is 2.31. The Hall–Kier alpha value is -2.57. The van der Waals surface area contributed by atoms with Gasteiger partial charge in [-0.1, -0.05) is 31.2 Å². The van der Waals surface area contributed by atoms with Crippen LogP contribution in [-0.4, -0.2) is 47.7 Å². The maximum Gasteiger partial charge on any atom is 0.336 e. The summed E-state index contributed by atoms with van der Waals surface area (Å²) in [6, 6.07) is 15.0. The van der Waals surface area contributed by atoms with E-state index in [-0.39, 0.29) is 13.2 Å². The number of rotatable bonds is 10. The van der Waals surface area contributed by atoms with E-state index >= 15 is 0 Å². The zero-order valence-electron chi connectivity index (χ0n) is 16.7. The van der Waals surface area contributed by atoms with Gasteiger partial charge in [-0.3, -0.25) is 0 Å².